The molecule has 0 saturated heterocycles. The summed E-state index contributed by atoms with van der Waals surface area (Å²) in [5.74, 6) is 1.25. The van der Waals surface area contributed by atoms with Gasteiger partial charge in [0.2, 0.25) is 5.65 Å². The molecule has 3 aromatic heterocycles. The Morgan fingerprint density at radius 3 is 2.83 bits per heavy atom. The summed E-state index contributed by atoms with van der Waals surface area (Å²) >= 11 is 0. The molecule has 9 heteroatoms. The molecule has 128 valence electrons. The molecule has 0 aliphatic carbocycles. The summed E-state index contributed by atoms with van der Waals surface area (Å²) in [7, 11) is 1.69. The summed E-state index contributed by atoms with van der Waals surface area (Å²) in [5.41, 5.74) is 2.64. The van der Waals surface area contributed by atoms with E-state index in [9.17, 15) is 0 Å². The van der Waals surface area contributed by atoms with Crippen LogP contribution in [0.1, 0.15) is 31.3 Å². The molecular formula is C15H22N8O. The van der Waals surface area contributed by atoms with E-state index in [0.717, 1.165) is 42.4 Å². The minimum atomic E-state index is 0.328. The molecule has 24 heavy (non-hydrogen) atoms. The molecule has 0 aliphatic rings. The molecule has 0 aromatic carbocycles. The van der Waals surface area contributed by atoms with E-state index in [1.54, 1.807) is 24.3 Å². The number of rotatable bonds is 8. The van der Waals surface area contributed by atoms with Gasteiger partial charge < -0.3 is 14.6 Å². The van der Waals surface area contributed by atoms with E-state index in [1.807, 2.05) is 10.6 Å². The molecule has 1 N–H and O–H groups in total. The fraction of sp³-hybridized carbons (Fsp3) is 0.533. The lowest BCUT2D eigenvalue weighted by atomic mass is 10.1. The number of fused-ring (bicyclic) bond motifs is 1. The van der Waals surface area contributed by atoms with Crippen molar-refractivity contribution in [2.75, 3.05) is 25.6 Å². The third-order valence-corrected chi connectivity index (χ3v) is 3.77. The fourth-order valence-corrected chi connectivity index (χ4v) is 2.42. The van der Waals surface area contributed by atoms with Crippen LogP contribution < -0.4 is 5.32 Å². The molecule has 9 nitrogen and oxygen atoms in total. The maximum Gasteiger partial charge on any atom is 0.200 e. The first-order valence-electron chi connectivity index (χ1n) is 7.99. The molecule has 0 spiro atoms. The molecule has 0 fully saturated rings. The highest BCUT2D eigenvalue weighted by Gasteiger charge is 2.11. The van der Waals surface area contributed by atoms with Crippen LogP contribution in [0.4, 0.5) is 5.69 Å². The van der Waals surface area contributed by atoms with Gasteiger partial charge in [0, 0.05) is 26.6 Å². The monoisotopic (exact) mass is 330 g/mol. The lowest BCUT2D eigenvalue weighted by Gasteiger charge is -2.11. The molecule has 0 aliphatic heterocycles. The predicted octanol–water partition coefficient (Wildman–Crippen LogP) is 1.14. The maximum absolute atomic E-state index is 5.10. The Hall–Kier alpha value is -2.55. The number of nitrogens with zero attached hydrogens (tertiary/aromatic N) is 7. The van der Waals surface area contributed by atoms with Crippen molar-refractivity contribution in [3.05, 3.63) is 30.2 Å². The van der Waals surface area contributed by atoms with Crippen LogP contribution in [0.3, 0.4) is 0 Å². The van der Waals surface area contributed by atoms with Gasteiger partial charge in [0.05, 0.1) is 18.0 Å². The van der Waals surface area contributed by atoms with Crippen LogP contribution in [0.5, 0.6) is 0 Å². The van der Waals surface area contributed by atoms with Crippen molar-refractivity contribution in [3.8, 4) is 0 Å². The molecule has 0 amide bonds. The standard InChI is InChI=1S/C15H22N8O/c1-11(2)12-8-13(15-20-18-10-23(15)21-12)16-5-4-14-19-17-9-22(14)6-7-24-3/h8-11,16H,4-7H2,1-3H3. The molecule has 0 atom stereocenters. The average molecular weight is 330 g/mol. The van der Waals surface area contributed by atoms with Gasteiger partial charge in [-0.2, -0.15) is 9.61 Å². The van der Waals surface area contributed by atoms with E-state index >= 15 is 0 Å². The van der Waals surface area contributed by atoms with Crippen molar-refractivity contribution < 1.29 is 4.74 Å². The summed E-state index contributed by atoms with van der Waals surface area (Å²) in [5, 5.41) is 24.1. The number of hydrogen-bond donors (Lipinski definition) is 1. The van der Waals surface area contributed by atoms with Crippen LogP contribution in [-0.2, 0) is 17.7 Å². The summed E-state index contributed by atoms with van der Waals surface area (Å²) in [4.78, 5) is 0. The smallest absolute Gasteiger partial charge is 0.200 e. The third kappa shape index (κ3) is 3.51. The van der Waals surface area contributed by atoms with Crippen LogP contribution in [-0.4, -0.2) is 54.8 Å². The minimum absolute atomic E-state index is 0.328. The molecular weight excluding hydrogens is 308 g/mol. The van der Waals surface area contributed by atoms with Crippen LogP contribution in [0.15, 0.2) is 18.7 Å². The Labute approximate surface area is 140 Å². The summed E-state index contributed by atoms with van der Waals surface area (Å²) < 4.78 is 8.81. The Bertz CT molecular complexity index is 794. The minimum Gasteiger partial charge on any atom is -0.383 e. The summed E-state index contributed by atoms with van der Waals surface area (Å²) in [6.07, 6.45) is 4.10. The molecule has 0 saturated carbocycles. The number of hydrogen-bond acceptors (Lipinski definition) is 7. The zero-order valence-corrected chi connectivity index (χ0v) is 14.2. The van der Waals surface area contributed by atoms with Crippen molar-refractivity contribution >= 4 is 11.3 Å². The fourth-order valence-electron chi connectivity index (χ4n) is 2.42. The largest absolute Gasteiger partial charge is 0.383 e. The highest BCUT2D eigenvalue weighted by molar-refractivity contribution is 5.66. The highest BCUT2D eigenvalue weighted by Crippen LogP contribution is 2.19. The topological polar surface area (TPSA) is 95.0 Å². The Morgan fingerprint density at radius 2 is 2.04 bits per heavy atom. The highest BCUT2D eigenvalue weighted by atomic mass is 16.5. The van der Waals surface area contributed by atoms with Crippen LogP contribution in [0.25, 0.3) is 5.65 Å². The van der Waals surface area contributed by atoms with Crippen LogP contribution in [0.2, 0.25) is 0 Å². The molecule has 3 aromatic rings. The van der Waals surface area contributed by atoms with Gasteiger partial charge in [-0.25, -0.2) is 0 Å². The van der Waals surface area contributed by atoms with Gasteiger partial charge in [-0.3, -0.25) is 0 Å². The summed E-state index contributed by atoms with van der Waals surface area (Å²) in [6.45, 7) is 6.33. The number of nitrogens with one attached hydrogen (secondary N) is 1. The van der Waals surface area contributed by atoms with Gasteiger partial charge >= 0.3 is 0 Å². The van der Waals surface area contributed by atoms with Crippen LogP contribution in [0, 0.1) is 0 Å². The molecule has 0 radical (unpaired) electrons. The predicted molar refractivity (Wildman–Crippen MR) is 89.0 cm³/mol. The number of anilines is 1. The first-order chi connectivity index (χ1) is 11.7. The summed E-state index contributed by atoms with van der Waals surface area (Å²) in [6, 6.07) is 2.03. The Balaban J connectivity index is 1.70. The second-order valence-corrected chi connectivity index (χ2v) is 5.85. The Kier molecular flexibility index (Phi) is 4.99. The Morgan fingerprint density at radius 1 is 1.21 bits per heavy atom. The number of ether oxygens (including phenoxy) is 1. The third-order valence-electron chi connectivity index (χ3n) is 3.77. The van der Waals surface area contributed by atoms with Crippen molar-refractivity contribution in [1.29, 1.82) is 0 Å². The second kappa shape index (κ2) is 7.35. The van der Waals surface area contributed by atoms with E-state index < -0.39 is 0 Å². The average Bonchev–Trinajstić information content (AvgIpc) is 3.21. The first kappa shape index (κ1) is 16.3. The SMILES string of the molecule is COCCn1cnnc1CCNc1cc(C(C)C)nn2cnnc12. The van der Waals surface area contributed by atoms with Crippen LogP contribution >= 0.6 is 0 Å². The van der Waals surface area contributed by atoms with E-state index in [2.05, 4.69) is 44.7 Å². The van der Waals surface area contributed by atoms with E-state index in [1.165, 1.54) is 0 Å². The number of aromatic nitrogens is 7. The van der Waals surface area contributed by atoms with Gasteiger partial charge in [0.1, 0.15) is 18.5 Å². The van der Waals surface area contributed by atoms with E-state index in [4.69, 9.17) is 4.74 Å². The molecule has 0 bridgehead atoms. The maximum atomic E-state index is 5.10. The zero-order valence-electron chi connectivity index (χ0n) is 14.2. The van der Waals surface area contributed by atoms with Crippen molar-refractivity contribution in [1.82, 2.24) is 34.6 Å². The van der Waals surface area contributed by atoms with Gasteiger partial charge in [-0.05, 0) is 12.0 Å². The van der Waals surface area contributed by atoms with Gasteiger partial charge in [-0.1, -0.05) is 13.8 Å². The van der Waals surface area contributed by atoms with Crippen molar-refractivity contribution in [2.45, 2.75) is 32.7 Å². The van der Waals surface area contributed by atoms with Gasteiger partial charge in [-0.15, -0.1) is 20.4 Å². The van der Waals surface area contributed by atoms with Gasteiger partial charge in [0.15, 0.2) is 0 Å². The normalized spacial score (nSPS) is 11.5. The van der Waals surface area contributed by atoms with Gasteiger partial charge in [0.25, 0.3) is 0 Å². The van der Waals surface area contributed by atoms with Crippen molar-refractivity contribution in [2.24, 2.45) is 0 Å². The zero-order chi connectivity index (χ0) is 16.9. The van der Waals surface area contributed by atoms with Crippen molar-refractivity contribution in [3.63, 3.8) is 0 Å². The lowest BCUT2D eigenvalue weighted by molar-refractivity contribution is 0.186. The van der Waals surface area contributed by atoms with E-state index in [-0.39, 0.29) is 0 Å². The quantitative estimate of drug-likeness (QED) is 0.661. The first-order valence-corrected chi connectivity index (χ1v) is 7.99. The number of methoxy groups -OCH3 is 1. The lowest BCUT2D eigenvalue weighted by Crippen LogP contribution is -2.13. The molecule has 3 heterocycles. The molecule has 3 rings (SSSR count). The molecule has 0 unspecified atom stereocenters. The van der Waals surface area contributed by atoms with E-state index in [0.29, 0.717) is 12.5 Å². The second-order valence-electron chi connectivity index (χ2n) is 5.85.